The van der Waals surface area contributed by atoms with Gasteiger partial charge in [-0.05, 0) is 30.7 Å². The number of phenolic OH excluding ortho intramolecular Hbond substituents is 1. The number of aromatic hydroxyl groups is 1. The van der Waals surface area contributed by atoms with E-state index in [1.807, 2.05) is 13.0 Å². The summed E-state index contributed by atoms with van der Waals surface area (Å²) in [7, 11) is 0. The van der Waals surface area contributed by atoms with Crippen LogP contribution in [0.3, 0.4) is 0 Å². The average molecular weight is 248 g/mol. The van der Waals surface area contributed by atoms with Gasteiger partial charge < -0.3 is 15.6 Å². The molecule has 0 aliphatic rings. The van der Waals surface area contributed by atoms with E-state index >= 15 is 0 Å². The van der Waals surface area contributed by atoms with Gasteiger partial charge in [0.05, 0.1) is 12.2 Å². The van der Waals surface area contributed by atoms with Gasteiger partial charge in [0.1, 0.15) is 11.1 Å². The minimum absolute atomic E-state index is 0.0403. The Balaban J connectivity index is 3.12. The second-order valence-electron chi connectivity index (χ2n) is 3.19. The lowest BCUT2D eigenvalue weighted by molar-refractivity contribution is 0.318. The average Bonchev–Trinajstić information content (AvgIpc) is 2.30. The Morgan fingerprint density at radius 2 is 2.35 bits per heavy atom. The maximum Gasteiger partial charge on any atom is 0.161 e. The minimum atomic E-state index is 0.0403. The summed E-state index contributed by atoms with van der Waals surface area (Å²) in [4.78, 5) is 0.0403. The van der Waals surface area contributed by atoms with Crippen molar-refractivity contribution in [3.8, 4) is 17.6 Å². The van der Waals surface area contributed by atoms with Crippen molar-refractivity contribution in [3.63, 3.8) is 0 Å². The molecule has 3 N–H and O–H groups in total. The molecule has 0 aliphatic heterocycles. The van der Waals surface area contributed by atoms with E-state index < -0.39 is 0 Å². The lowest BCUT2D eigenvalue weighted by Crippen LogP contribution is -2.09. The fraction of sp³-hybridized carbons (Fsp3) is 0.167. The molecule has 4 nitrogen and oxygen atoms in total. The largest absolute Gasteiger partial charge is 0.504 e. The van der Waals surface area contributed by atoms with Crippen molar-refractivity contribution >= 4 is 23.3 Å². The van der Waals surface area contributed by atoms with Crippen LogP contribution >= 0.6 is 12.2 Å². The number of benzene rings is 1. The molecular weight excluding hydrogens is 236 g/mol. The Bertz CT molecular complexity index is 504. The summed E-state index contributed by atoms with van der Waals surface area (Å²) in [6, 6.07) is 6.66. The van der Waals surface area contributed by atoms with E-state index in [4.69, 9.17) is 28.0 Å². The molecule has 0 fully saturated rings. The fourth-order valence-corrected chi connectivity index (χ4v) is 1.32. The van der Waals surface area contributed by atoms with Crippen LogP contribution in [0.2, 0.25) is 0 Å². The summed E-state index contributed by atoms with van der Waals surface area (Å²) >= 11 is 4.73. The first kappa shape index (κ1) is 13.0. The topological polar surface area (TPSA) is 79.3 Å². The maximum atomic E-state index is 9.51. The maximum absolute atomic E-state index is 9.51. The van der Waals surface area contributed by atoms with Crippen LogP contribution in [0.4, 0.5) is 0 Å². The van der Waals surface area contributed by atoms with Crippen molar-refractivity contribution < 1.29 is 9.84 Å². The van der Waals surface area contributed by atoms with Crippen molar-refractivity contribution in [1.29, 1.82) is 5.26 Å². The summed E-state index contributed by atoms with van der Waals surface area (Å²) in [5.74, 6) is 0.416. The molecule has 1 aromatic rings. The summed E-state index contributed by atoms with van der Waals surface area (Å²) < 4.78 is 5.23. The first-order chi connectivity index (χ1) is 8.08. The Hall–Kier alpha value is -2.06. The predicted octanol–water partition coefficient (Wildman–Crippen LogP) is 1.98. The monoisotopic (exact) mass is 248 g/mol. The number of ether oxygens (including phenoxy) is 1. The smallest absolute Gasteiger partial charge is 0.161 e. The van der Waals surface area contributed by atoms with Crippen LogP contribution in [0.25, 0.3) is 6.08 Å². The van der Waals surface area contributed by atoms with Gasteiger partial charge in [-0.15, -0.1) is 0 Å². The highest BCUT2D eigenvalue weighted by Gasteiger charge is 2.04. The van der Waals surface area contributed by atoms with Crippen LogP contribution < -0.4 is 10.5 Å². The summed E-state index contributed by atoms with van der Waals surface area (Å²) in [6.45, 7) is 2.26. The molecule has 0 amide bonds. The summed E-state index contributed by atoms with van der Waals surface area (Å²) in [5, 5.41) is 18.3. The summed E-state index contributed by atoms with van der Waals surface area (Å²) in [5.41, 5.74) is 6.29. The van der Waals surface area contributed by atoms with E-state index in [2.05, 4.69) is 0 Å². The molecule has 0 spiro atoms. The van der Waals surface area contributed by atoms with Crippen molar-refractivity contribution in [2.75, 3.05) is 6.61 Å². The summed E-state index contributed by atoms with van der Waals surface area (Å²) in [6.07, 6.45) is 1.55. The number of rotatable bonds is 4. The Morgan fingerprint density at radius 3 is 2.88 bits per heavy atom. The molecule has 5 heteroatoms. The van der Waals surface area contributed by atoms with Crippen molar-refractivity contribution in [1.82, 2.24) is 0 Å². The van der Waals surface area contributed by atoms with Crippen LogP contribution in [0.5, 0.6) is 11.5 Å². The second kappa shape index (κ2) is 5.87. The van der Waals surface area contributed by atoms with Gasteiger partial charge in [0, 0.05) is 0 Å². The van der Waals surface area contributed by atoms with E-state index in [9.17, 15) is 5.11 Å². The van der Waals surface area contributed by atoms with E-state index in [0.717, 1.165) is 0 Å². The van der Waals surface area contributed by atoms with Gasteiger partial charge in [-0.3, -0.25) is 0 Å². The van der Waals surface area contributed by atoms with Gasteiger partial charge in [-0.25, -0.2) is 0 Å². The van der Waals surface area contributed by atoms with Gasteiger partial charge in [-0.2, -0.15) is 5.26 Å². The standard InChI is InChI=1S/C12H12N2O2S/c1-2-16-11-6-8(3-4-10(11)15)5-9(7-13)12(14)17/h3-6,15H,2H2,1H3,(H2,14,17)/b9-5+. The molecule has 0 atom stereocenters. The van der Waals surface area contributed by atoms with Crippen LogP contribution in [0, 0.1) is 11.3 Å². The first-order valence-electron chi connectivity index (χ1n) is 4.96. The molecule has 17 heavy (non-hydrogen) atoms. The predicted molar refractivity (Wildman–Crippen MR) is 69.7 cm³/mol. The van der Waals surface area contributed by atoms with Gasteiger partial charge in [0.25, 0.3) is 0 Å². The van der Waals surface area contributed by atoms with Crippen molar-refractivity contribution in [2.45, 2.75) is 6.92 Å². The Labute approximate surface area is 105 Å². The third-order valence-electron chi connectivity index (χ3n) is 1.98. The van der Waals surface area contributed by atoms with E-state index in [1.54, 1.807) is 18.2 Å². The molecule has 0 saturated carbocycles. The zero-order valence-electron chi connectivity index (χ0n) is 9.30. The molecular formula is C12H12N2O2S. The van der Waals surface area contributed by atoms with Crippen molar-refractivity contribution in [3.05, 3.63) is 29.3 Å². The molecule has 0 bridgehead atoms. The van der Waals surface area contributed by atoms with Gasteiger partial charge >= 0.3 is 0 Å². The van der Waals surface area contributed by atoms with Crippen LogP contribution in [0.15, 0.2) is 23.8 Å². The highest BCUT2D eigenvalue weighted by Crippen LogP contribution is 2.27. The highest BCUT2D eigenvalue weighted by molar-refractivity contribution is 7.80. The molecule has 0 heterocycles. The zero-order chi connectivity index (χ0) is 12.8. The third kappa shape index (κ3) is 3.47. The molecule has 0 unspecified atom stereocenters. The Kier molecular flexibility index (Phi) is 4.49. The number of nitriles is 1. The molecule has 0 aliphatic carbocycles. The highest BCUT2D eigenvalue weighted by atomic mass is 32.1. The number of nitrogens with zero attached hydrogens (tertiary/aromatic N) is 1. The third-order valence-corrected chi connectivity index (χ3v) is 2.20. The number of hydrogen-bond acceptors (Lipinski definition) is 4. The van der Waals surface area contributed by atoms with Crippen molar-refractivity contribution in [2.24, 2.45) is 5.73 Å². The van der Waals surface area contributed by atoms with E-state index in [0.29, 0.717) is 17.9 Å². The zero-order valence-corrected chi connectivity index (χ0v) is 10.1. The molecule has 1 aromatic carbocycles. The quantitative estimate of drug-likeness (QED) is 0.484. The van der Waals surface area contributed by atoms with E-state index in [-0.39, 0.29) is 16.3 Å². The molecule has 88 valence electrons. The molecule has 0 saturated heterocycles. The minimum Gasteiger partial charge on any atom is -0.504 e. The number of nitrogens with two attached hydrogens (primary N) is 1. The second-order valence-corrected chi connectivity index (χ2v) is 3.63. The first-order valence-corrected chi connectivity index (χ1v) is 5.36. The lowest BCUT2D eigenvalue weighted by atomic mass is 10.1. The van der Waals surface area contributed by atoms with Crippen LogP contribution in [0.1, 0.15) is 12.5 Å². The normalized spacial score (nSPS) is 10.7. The molecule has 1 rings (SSSR count). The molecule has 0 radical (unpaired) electrons. The fourth-order valence-electron chi connectivity index (χ4n) is 1.22. The lowest BCUT2D eigenvalue weighted by Gasteiger charge is -2.06. The number of thiocarbonyl (C=S) groups is 1. The Morgan fingerprint density at radius 1 is 1.65 bits per heavy atom. The number of phenols is 1. The van der Waals surface area contributed by atoms with Gasteiger partial charge in [0.15, 0.2) is 11.5 Å². The van der Waals surface area contributed by atoms with Crippen LogP contribution in [-0.2, 0) is 0 Å². The van der Waals surface area contributed by atoms with Gasteiger partial charge in [0.2, 0.25) is 0 Å². The SMILES string of the molecule is CCOc1cc(/C=C(\C#N)C(N)=S)ccc1O. The van der Waals surface area contributed by atoms with E-state index in [1.165, 1.54) is 6.07 Å². The van der Waals surface area contributed by atoms with Crippen LogP contribution in [-0.4, -0.2) is 16.7 Å². The molecule has 0 aromatic heterocycles. The number of hydrogen-bond donors (Lipinski definition) is 2. The van der Waals surface area contributed by atoms with Gasteiger partial charge in [-0.1, -0.05) is 18.3 Å².